The number of rotatable bonds is 20. The fourth-order valence-corrected chi connectivity index (χ4v) is 11.5. The molecular weight excluding hydrogens is 1170 g/mol. The van der Waals surface area contributed by atoms with E-state index in [2.05, 4.69) is 21.3 Å². The highest BCUT2D eigenvalue weighted by atomic mass is 16.4. The lowest BCUT2D eigenvalue weighted by molar-refractivity contribution is -0.157. The van der Waals surface area contributed by atoms with E-state index in [-0.39, 0.29) is 62.2 Å². The predicted molar refractivity (Wildman–Crippen MR) is 348 cm³/mol. The number of nitrogens with two attached hydrogens (primary N) is 1. The first-order chi connectivity index (χ1) is 42.0. The van der Waals surface area contributed by atoms with Gasteiger partial charge in [-0.2, -0.15) is 0 Å². The summed E-state index contributed by atoms with van der Waals surface area (Å²) in [6.07, 6.45) is 0.947. The first-order valence-corrected chi connectivity index (χ1v) is 32.7. The molecular formula is C65H118N12O14. The quantitative estimate of drug-likeness (QED) is 0.0862. The number of carbonyl (C=O) groups is 12. The van der Waals surface area contributed by atoms with Crippen LogP contribution in [0.3, 0.4) is 0 Å². The van der Waals surface area contributed by atoms with E-state index in [1.165, 1.54) is 87.7 Å². The standard InChI is InChI=1S/C65H118N12O14/c1-24-45-60(85)71(17)34-50(78)72(18)46(30-35(2)3)57(82)70-51(39(10)11)63(88)73(19)47(31-36(4)5)56(81)67-42(15)55(80)68-43(16)59(84)74(20)48(32-37(6)7)61(86)75(21)49(33-38(8)9)62(87)76(22)52(40(12)13)64(89)77(23)53(58(83)69-45)54(79)41(14)28-26-25-27-29-44(66)65(90)91/h35-49,51-54,79H,24-34,66H2,1-23H3,(H,67,81)(H,68,80)(H,69,83)(H,70,82)(H,90,91)/t41-,42+,43-,44?,45+,46+,47+,48+,49+,51+,52+,53+,54-/m1/s1. The Bertz CT molecular complexity index is 2480. The summed E-state index contributed by atoms with van der Waals surface area (Å²) in [4.78, 5) is 181. The van der Waals surface area contributed by atoms with Gasteiger partial charge in [-0.05, 0) is 100 Å². The van der Waals surface area contributed by atoms with Crippen LogP contribution in [0.1, 0.15) is 175 Å². The van der Waals surface area contributed by atoms with E-state index in [1.807, 2.05) is 55.4 Å². The second-order valence-corrected chi connectivity index (χ2v) is 27.9. The summed E-state index contributed by atoms with van der Waals surface area (Å²) in [5.41, 5.74) is 5.73. The molecule has 0 aromatic heterocycles. The monoisotopic (exact) mass is 1290 g/mol. The van der Waals surface area contributed by atoms with Gasteiger partial charge in [0.15, 0.2) is 0 Å². The Balaban J connectivity index is 4.33. The van der Waals surface area contributed by atoms with Crippen LogP contribution in [0.25, 0.3) is 0 Å². The van der Waals surface area contributed by atoms with Gasteiger partial charge in [0.1, 0.15) is 66.5 Å². The number of hydrogen-bond acceptors (Lipinski definition) is 14. The van der Waals surface area contributed by atoms with E-state index in [9.17, 15) is 53.4 Å². The number of amides is 11. The van der Waals surface area contributed by atoms with Crippen molar-refractivity contribution in [3.63, 3.8) is 0 Å². The minimum Gasteiger partial charge on any atom is -0.480 e. The van der Waals surface area contributed by atoms with E-state index in [4.69, 9.17) is 5.73 Å². The van der Waals surface area contributed by atoms with E-state index < -0.39 is 168 Å². The number of likely N-dealkylation sites (N-methyl/N-ethyl adjacent to an activating group) is 7. The van der Waals surface area contributed by atoms with Crippen LogP contribution < -0.4 is 27.0 Å². The van der Waals surface area contributed by atoms with Gasteiger partial charge in [0.05, 0.1) is 12.6 Å². The maximum absolute atomic E-state index is 15.3. The van der Waals surface area contributed by atoms with Gasteiger partial charge in [0.25, 0.3) is 0 Å². The number of nitrogens with zero attached hydrogens (tertiary/aromatic N) is 7. The third kappa shape index (κ3) is 24.2. The predicted octanol–water partition coefficient (Wildman–Crippen LogP) is 2.67. The highest BCUT2D eigenvalue weighted by Crippen LogP contribution is 2.26. The zero-order chi connectivity index (χ0) is 70.5. The molecule has 0 saturated carbocycles. The molecule has 0 aromatic rings. The van der Waals surface area contributed by atoms with Gasteiger partial charge in [-0.15, -0.1) is 0 Å². The SMILES string of the molecule is CC[C@@H]1NC(=O)[C@H]([C@H](O)[C@H](C)CCCCCC(N)C(=O)O)N(C)C(=O)[C@H](C(C)C)N(C)C(=O)[C@H](CC(C)C)N(C)C(=O)[C@H](CC(C)C)N(C)C(=O)[C@@H](C)NC(=O)[C@H](C)NC(=O)[C@H](CC(C)C)N(C)C(=O)[C@H](C(C)C)NC(=O)[C@H](CC(C)C)N(C)C(=O)CN(C)C1=O. The maximum Gasteiger partial charge on any atom is 0.320 e. The number of aliphatic hydroxyl groups is 1. The Morgan fingerprint density at radius 1 is 0.473 bits per heavy atom. The molecule has 11 amide bonds. The minimum atomic E-state index is -1.68. The molecule has 0 aliphatic carbocycles. The molecule has 0 bridgehead atoms. The summed E-state index contributed by atoms with van der Waals surface area (Å²) in [7, 11) is 9.78. The summed E-state index contributed by atoms with van der Waals surface area (Å²) in [5.74, 6) is -11.4. The third-order valence-corrected chi connectivity index (χ3v) is 17.3. The molecule has 1 saturated heterocycles. The molecule has 522 valence electrons. The van der Waals surface area contributed by atoms with E-state index >= 15 is 14.4 Å². The Morgan fingerprint density at radius 2 is 0.890 bits per heavy atom. The van der Waals surface area contributed by atoms with Crippen molar-refractivity contribution in [3.8, 4) is 0 Å². The van der Waals surface area contributed by atoms with Crippen LogP contribution in [-0.4, -0.2) is 244 Å². The van der Waals surface area contributed by atoms with Gasteiger partial charge in [0.2, 0.25) is 65.0 Å². The number of carbonyl (C=O) groups excluding carboxylic acids is 11. The average Bonchev–Trinajstić information content (AvgIpc) is 0.893. The van der Waals surface area contributed by atoms with Crippen molar-refractivity contribution in [2.24, 2.45) is 47.2 Å². The van der Waals surface area contributed by atoms with Crippen LogP contribution in [0.2, 0.25) is 0 Å². The third-order valence-electron chi connectivity index (χ3n) is 17.3. The number of carboxylic acids is 1. The first-order valence-electron chi connectivity index (χ1n) is 32.7. The average molecular weight is 1290 g/mol. The molecule has 8 N–H and O–H groups in total. The normalized spacial score (nSPS) is 26.1. The molecule has 1 rings (SSSR count). The molecule has 1 aliphatic rings. The van der Waals surface area contributed by atoms with Gasteiger partial charge in [0, 0.05) is 49.3 Å². The molecule has 91 heavy (non-hydrogen) atoms. The summed E-state index contributed by atoms with van der Waals surface area (Å²) < 4.78 is 0. The summed E-state index contributed by atoms with van der Waals surface area (Å²) in [5, 5.41) is 32.6. The minimum absolute atomic E-state index is 0.0189. The fourth-order valence-electron chi connectivity index (χ4n) is 11.5. The first kappa shape index (κ1) is 82.6. The van der Waals surface area contributed by atoms with E-state index in [0.717, 1.165) is 9.80 Å². The molecule has 13 atom stereocenters. The van der Waals surface area contributed by atoms with Crippen molar-refractivity contribution in [2.45, 2.75) is 248 Å². The number of unbranched alkanes of at least 4 members (excludes halogenated alkanes) is 2. The molecule has 0 spiro atoms. The Morgan fingerprint density at radius 3 is 1.35 bits per heavy atom. The topological polar surface area (TPSA) is 342 Å². The smallest absolute Gasteiger partial charge is 0.320 e. The number of aliphatic carboxylic acids is 1. The molecule has 1 unspecified atom stereocenters. The van der Waals surface area contributed by atoms with Gasteiger partial charge < -0.3 is 71.5 Å². The largest absolute Gasteiger partial charge is 0.480 e. The lowest BCUT2D eigenvalue weighted by Gasteiger charge is -2.41. The molecule has 1 aliphatic heterocycles. The van der Waals surface area contributed by atoms with Crippen molar-refractivity contribution in [1.82, 2.24) is 55.6 Å². The second-order valence-electron chi connectivity index (χ2n) is 27.9. The van der Waals surface area contributed by atoms with Crippen LogP contribution in [0, 0.1) is 41.4 Å². The van der Waals surface area contributed by atoms with E-state index in [0.29, 0.717) is 25.7 Å². The van der Waals surface area contributed by atoms with Gasteiger partial charge in [-0.1, -0.05) is 116 Å². The van der Waals surface area contributed by atoms with Gasteiger partial charge >= 0.3 is 5.97 Å². The fraction of sp³-hybridized carbons (Fsp3) is 0.815. The number of carboxylic acid groups (broad SMARTS) is 1. The molecule has 0 radical (unpaired) electrons. The van der Waals surface area contributed by atoms with Crippen LogP contribution in [0.4, 0.5) is 0 Å². The Labute approximate surface area is 542 Å². The zero-order valence-corrected chi connectivity index (χ0v) is 59.2. The molecule has 26 nitrogen and oxygen atoms in total. The summed E-state index contributed by atoms with van der Waals surface area (Å²) >= 11 is 0. The highest BCUT2D eigenvalue weighted by Gasteiger charge is 2.46. The molecule has 26 heteroatoms. The Kier molecular flexibility index (Phi) is 34.4. The van der Waals surface area contributed by atoms with Crippen LogP contribution in [0.5, 0.6) is 0 Å². The van der Waals surface area contributed by atoms with Crippen molar-refractivity contribution < 1.29 is 67.7 Å². The lowest BCUT2D eigenvalue weighted by Crippen LogP contribution is -2.63. The zero-order valence-electron chi connectivity index (χ0n) is 59.2. The molecule has 1 heterocycles. The number of nitrogens with one attached hydrogen (secondary N) is 4. The van der Waals surface area contributed by atoms with Crippen molar-refractivity contribution in [3.05, 3.63) is 0 Å². The van der Waals surface area contributed by atoms with Gasteiger partial charge in [-0.3, -0.25) is 57.5 Å². The number of hydrogen-bond donors (Lipinski definition) is 7. The Hall–Kier alpha value is -6.44. The summed E-state index contributed by atoms with van der Waals surface area (Å²) in [6, 6.07) is -13.7. The maximum atomic E-state index is 15.3. The van der Waals surface area contributed by atoms with Gasteiger partial charge in [-0.25, -0.2) is 0 Å². The highest BCUT2D eigenvalue weighted by molar-refractivity contribution is 5.99. The second kappa shape index (κ2) is 37.9. The summed E-state index contributed by atoms with van der Waals surface area (Å²) in [6.45, 7) is 27.3. The molecule has 0 aromatic carbocycles. The van der Waals surface area contributed by atoms with Crippen molar-refractivity contribution in [1.29, 1.82) is 0 Å². The number of aliphatic hydroxyl groups excluding tert-OH is 1. The van der Waals surface area contributed by atoms with Crippen LogP contribution in [0.15, 0.2) is 0 Å². The van der Waals surface area contributed by atoms with E-state index in [1.54, 1.807) is 41.5 Å². The van der Waals surface area contributed by atoms with Crippen LogP contribution >= 0.6 is 0 Å². The van der Waals surface area contributed by atoms with Crippen molar-refractivity contribution >= 4 is 70.9 Å². The van der Waals surface area contributed by atoms with Crippen LogP contribution in [-0.2, 0) is 57.5 Å². The lowest BCUT2D eigenvalue weighted by atomic mass is 9.90. The molecule has 1 fully saturated rings. The van der Waals surface area contributed by atoms with Crippen molar-refractivity contribution in [2.75, 3.05) is 55.9 Å².